The lowest BCUT2D eigenvalue weighted by atomic mass is 9.85. The molecule has 1 heterocycles. The summed E-state index contributed by atoms with van der Waals surface area (Å²) in [5.41, 5.74) is 5.83. The zero-order valence-electron chi connectivity index (χ0n) is 18.4. The number of hydrazone groups is 1. The predicted octanol–water partition coefficient (Wildman–Crippen LogP) is 1.30. The first-order chi connectivity index (χ1) is 15.5. The number of benzene rings is 2. The molecule has 0 radical (unpaired) electrons. The Morgan fingerprint density at radius 2 is 1.91 bits per heavy atom. The Labute approximate surface area is 198 Å². The number of nitrogens with zero attached hydrogens (tertiary/aromatic N) is 4. The summed E-state index contributed by atoms with van der Waals surface area (Å²) in [4.78, 5) is 4.05. The van der Waals surface area contributed by atoms with E-state index in [4.69, 9.17) is 22.7 Å². The molecule has 2 aromatic carbocycles. The fourth-order valence-corrected chi connectivity index (χ4v) is 4.34. The van der Waals surface area contributed by atoms with Crippen LogP contribution < -0.4 is 10.5 Å². The molecule has 10 nitrogen and oxygen atoms in total. The summed E-state index contributed by atoms with van der Waals surface area (Å²) >= 11 is 6.03. The first-order valence-corrected chi connectivity index (χ1v) is 11.8. The molecule has 0 saturated carbocycles. The molecule has 0 saturated heterocycles. The van der Waals surface area contributed by atoms with Gasteiger partial charge in [-0.2, -0.15) is 17.8 Å². The van der Waals surface area contributed by atoms with Crippen LogP contribution >= 0.6 is 11.6 Å². The normalized spacial score (nSPS) is 19.0. The molecule has 176 valence electrons. The van der Waals surface area contributed by atoms with Crippen LogP contribution in [-0.4, -0.2) is 67.5 Å². The van der Waals surface area contributed by atoms with Gasteiger partial charge in [0, 0.05) is 36.8 Å². The van der Waals surface area contributed by atoms with Gasteiger partial charge in [0.05, 0.1) is 6.54 Å². The highest BCUT2D eigenvalue weighted by Gasteiger charge is 2.45. The maximum Gasteiger partial charge on any atom is 0.303 e. The number of nitrogen functional groups attached to an aromatic ring is 1. The van der Waals surface area contributed by atoms with Crippen molar-refractivity contribution >= 4 is 39.3 Å². The van der Waals surface area contributed by atoms with E-state index in [0.29, 0.717) is 27.4 Å². The summed E-state index contributed by atoms with van der Waals surface area (Å²) in [6, 6.07) is 13.4. The Kier molecular flexibility index (Phi) is 7.08. The van der Waals surface area contributed by atoms with Gasteiger partial charge in [0.2, 0.25) is 5.96 Å². The molecule has 0 aromatic heterocycles. The molecule has 3 rings (SSSR count). The molecule has 1 aliphatic rings. The molecule has 0 aliphatic carbocycles. The molecule has 0 fully saturated rings. The van der Waals surface area contributed by atoms with Crippen molar-refractivity contribution in [1.82, 2.24) is 14.0 Å². The van der Waals surface area contributed by atoms with Crippen LogP contribution in [-0.2, 0) is 15.8 Å². The summed E-state index contributed by atoms with van der Waals surface area (Å²) in [5.74, 6) is -0.138. The SMILES string of the molecule is CCN(C)S(=O)(=O)NC(=NC)N1CC(O)(c2ccc(C(=N)N)cc2)C(c2ccc(Cl)cc2)=N1. The van der Waals surface area contributed by atoms with Gasteiger partial charge in [0.25, 0.3) is 0 Å². The number of β-amino-alcohol motifs (C(OH)–C–C–N with tert-alkyl or cyclic N) is 1. The first-order valence-electron chi connectivity index (χ1n) is 10.0. The number of guanidine groups is 1. The highest BCUT2D eigenvalue weighted by Crippen LogP contribution is 2.33. The van der Waals surface area contributed by atoms with Crippen LogP contribution in [0.3, 0.4) is 0 Å². The summed E-state index contributed by atoms with van der Waals surface area (Å²) in [5, 5.41) is 25.8. The Bertz CT molecular complexity index is 1200. The van der Waals surface area contributed by atoms with Gasteiger partial charge >= 0.3 is 10.2 Å². The van der Waals surface area contributed by atoms with E-state index in [1.807, 2.05) is 0 Å². The quantitative estimate of drug-likeness (QED) is 0.355. The van der Waals surface area contributed by atoms with Gasteiger partial charge in [-0.25, -0.2) is 9.73 Å². The van der Waals surface area contributed by atoms with Crippen LogP contribution in [0.5, 0.6) is 0 Å². The fraction of sp³-hybridized carbons (Fsp3) is 0.286. The van der Waals surface area contributed by atoms with Crippen molar-refractivity contribution < 1.29 is 13.5 Å². The molecule has 1 atom stereocenters. The number of amidine groups is 1. The fourth-order valence-electron chi connectivity index (χ4n) is 3.29. The number of rotatable bonds is 6. The lowest BCUT2D eigenvalue weighted by Gasteiger charge is -2.27. The molecular formula is C21H26ClN7O3S. The van der Waals surface area contributed by atoms with Crippen LogP contribution in [0.2, 0.25) is 5.02 Å². The van der Waals surface area contributed by atoms with Crippen LogP contribution in [0.1, 0.15) is 23.6 Å². The van der Waals surface area contributed by atoms with Crippen LogP contribution in [0, 0.1) is 5.41 Å². The third-order valence-electron chi connectivity index (χ3n) is 5.31. The minimum atomic E-state index is -3.86. The zero-order valence-corrected chi connectivity index (χ0v) is 20.0. The highest BCUT2D eigenvalue weighted by molar-refractivity contribution is 7.87. The van der Waals surface area contributed by atoms with Crippen molar-refractivity contribution in [3.05, 3.63) is 70.2 Å². The van der Waals surface area contributed by atoms with Gasteiger partial charge in [-0.15, -0.1) is 0 Å². The van der Waals surface area contributed by atoms with Gasteiger partial charge in [0.1, 0.15) is 11.5 Å². The van der Waals surface area contributed by atoms with Crippen molar-refractivity contribution in [2.45, 2.75) is 12.5 Å². The Morgan fingerprint density at radius 3 is 2.42 bits per heavy atom. The molecule has 0 bridgehead atoms. The largest absolute Gasteiger partial charge is 0.384 e. The molecule has 0 spiro atoms. The third kappa shape index (κ3) is 5.01. The molecule has 33 heavy (non-hydrogen) atoms. The monoisotopic (exact) mass is 491 g/mol. The molecule has 5 N–H and O–H groups in total. The standard InChI is InChI=1S/C21H26ClN7O3S/c1-4-28(3)33(31,32)27-20(25-2)29-13-21(30,16-9-5-15(6-10-16)19(23)24)18(26-29)14-7-11-17(22)12-8-14/h5-12,30H,4,13H2,1-3H3,(H3,23,24)(H,25,27). The van der Waals surface area contributed by atoms with E-state index >= 15 is 0 Å². The van der Waals surface area contributed by atoms with Gasteiger partial charge in [-0.1, -0.05) is 54.9 Å². The number of hydrogen-bond donors (Lipinski definition) is 4. The first kappa shape index (κ1) is 24.6. The second kappa shape index (κ2) is 9.48. The summed E-state index contributed by atoms with van der Waals surface area (Å²) in [6.07, 6.45) is 0. The van der Waals surface area contributed by atoms with E-state index in [0.717, 1.165) is 4.31 Å². The number of halogens is 1. The van der Waals surface area contributed by atoms with E-state index < -0.39 is 15.8 Å². The molecule has 1 unspecified atom stereocenters. The van der Waals surface area contributed by atoms with Gasteiger partial charge in [-0.3, -0.25) is 10.4 Å². The average molecular weight is 492 g/mol. The number of aliphatic imine (C=N–C) groups is 1. The number of nitrogens with one attached hydrogen (secondary N) is 2. The van der Waals surface area contributed by atoms with Crippen molar-refractivity contribution in [2.75, 3.05) is 27.2 Å². The lowest BCUT2D eigenvalue weighted by molar-refractivity contribution is 0.103. The van der Waals surface area contributed by atoms with E-state index in [2.05, 4.69) is 14.8 Å². The van der Waals surface area contributed by atoms with Crippen LogP contribution in [0.4, 0.5) is 0 Å². The van der Waals surface area contributed by atoms with Gasteiger partial charge in [-0.05, 0) is 17.7 Å². The molecule has 0 amide bonds. The topological polar surface area (TPSA) is 147 Å². The van der Waals surface area contributed by atoms with E-state index in [9.17, 15) is 13.5 Å². The smallest absolute Gasteiger partial charge is 0.303 e. The predicted molar refractivity (Wildman–Crippen MR) is 130 cm³/mol. The van der Waals surface area contributed by atoms with Gasteiger partial charge < -0.3 is 10.8 Å². The minimum Gasteiger partial charge on any atom is -0.384 e. The summed E-state index contributed by atoms with van der Waals surface area (Å²) in [7, 11) is -0.989. The Hall–Kier alpha value is -2.99. The van der Waals surface area contributed by atoms with Crippen molar-refractivity contribution in [3.8, 4) is 0 Å². The van der Waals surface area contributed by atoms with E-state index in [-0.39, 0.29) is 24.9 Å². The molecule has 1 aliphatic heterocycles. The van der Waals surface area contributed by atoms with E-state index in [1.165, 1.54) is 19.1 Å². The highest BCUT2D eigenvalue weighted by atomic mass is 35.5. The Balaban J connectivity index is 2.06. The molecular weight excluding hydrogens is 466 g/mol. The third-order valence-corrected chi connectivity index (χ3v) is 7.09. The molecule has 12 heteroatoms. The number of aliphatic hydroxyl groups is 1. The number of hydrogen-bond acceptors (Lipinski definition) is 6. The maximum absolute atomic E-state index is 12.6. The average Bonchev–Trinajstić information content (AvgIpc) is 3.15. The summed E-state index contributed by atoms with van der Waals surface area (Å²) in [6.45, 7) is 1.87. The second-order valence-electron chi connectivity index (χ2n) is 7.43. The summed E-state index contributed by atoms with van der Waals surface area (Å²) < 4.78 is 28.7. The number of nitrogens with two attached hydrogens (primary N) is 1. The zero-order chi connectivity index (χ0) is 24.4. The van der Waals surface area contributed by atoms with E-state index in [1.54, 1.807) is 55.5 Å². The van der Waals surface area contributed by atoms with Crippen LogP contribution in [0.25, 0.3) is 0 Å². The van der Waals surface area contributed by atoms with Gasteiger partial charge in [0.15, 0.2) is 5.60 Å². The Morgan fingerprint density at radius 1 is 1.30 bits per heavy atom. The lowest BCUT2D eigenvalue weighted by Crippen LogP contribution is -2.48. The van der Waals surface area contributed by atoms with Crippen molar-refractivity contribution in [2.24, 2.45) is 15.8 Å². The second-order valence-corrected chi connectivity index (χ2v) is 9.65. The van der Waals surface area contributed by atoms with Crippen LogP contribution in [0.15, 0.2) is 58.6 Å². The molecule has 2 aromatic rings. The van der Waals surface area contributed by atoms with Crippen molar-refractivity contribution in [1.29, 1.82) is 5.41 Å². The maximum atomic E-state index is 12.6. The minimum absolute atomic E-state index is 0.0435. The van der Waals surface area contributed by atoms with Crippen molar-refractivity contribution in [3.63, 3.8) is 0 Å².